The van der Waals surface area contributed by atoms with Gasteiger partial charge in [0.05, 0.1) is 5.69 Å². The van der Waals surface area contributed by atoms with Crippen molar-refractivity contribution in [1.29, 1.82) is 0 Å². The molecule has 2 aliphatic heterocycles. The molecule has 8 heteroatoms. The van der Waals surface area contributed by atoms with E-state index in [1.807, 2.05) is 4.57 Å². The maximum atomic E-state index is 13.4. The number of rotatable bonds is 3. The third kappa shape index (κ3) is 3.50. The predicted molar refractivity (Wildman–Crippen MR) is 99.2 cm³/mol. The second kappa shape index (κ2) is 7.69. The highest BCUT2D eigenvalue weighted by Gasteiger charge is 2.30. The number of nitrogens with one attached hydrogen (secondary N) is 1. The standard InChI is InChI=1S/C20H22F2N4O2/c21-14-8-7-13(12-15(14)22)23-19(27)17-16-6-2-5-11-26(16)18(24-17)20(28)25-9-3-1-4-10-25/h7-8,12H,1-6,9-11H2,(H,23,27). The van der Waals surface area contributed by atoms with E-state index in [1.54, 1.807) is 4.90 Å². The van der Waals surface area contributed by atoms with Crippen LogP contribution in [0.15, 0.2) is 18.2 Å². The van der Waals surface area contributed by atoms with Gasteiger partial charge >= 0.3 is 0 Å². The van der Waals surface area contributed by atoms with Crippen LogP contribution in [-0.4, -0.2) is 39.4 Å². The van der Waals surface area contributed by atoms with E-state index < -0.39 is 17.5 Å². The zero-order valence-corrected chi connectivity index (χ0v) is 15.5. The molecule has 1 fully saturated rings. The normalized spacial score (nSPS) is 16.6. The Balaban J connectivity index is 1.63. The molecule has 1 saturated heterocycles. The van der Waals surface area contributed by atoms with Crippen LogP contribution in [0.3, 0.4) is 0 Å². The van der Waals surface area contributed by atoms with Crippen LogP contribution in [0.1, 0.15) is 58.9 Å². The van der Waals surface area contributed by atoms with Gasteiger partial charge in [0.2, 0.25) is 0 Å². The molecule has 1 N–H and O–H groups in total. The fourth-order valence-electron chi connectivity index (χ4n) is 3.89. The third-order valence-corrected chi connectivity index (χ3v) is 5.34. The van der Waals surface area contributed by atoms with E-state index in [0.29, 0.717) is 31.9 Å². The molecule has 0 atom stereocenters. The number of fused-ring (bicyclic) bond motifs is 1. The molecule has 0 unspecified atom stereocenters. The minimum absolute atomic E-state index is 0.144. The molecule has 0 saturated carbocycles. The summed E-state index contributed by atoms with van der Waals surface area (Å²) in [5.41, 5.74) is 1.06. The first kappa shape index (κ1) is 18.6. The molecule has 28 heavy (non-hydrogen) atoms. The number of carbonyl (C=O) groups is 2. The summed E-state index contributed by atoms with van der Waals surface area (Å²) >= 11 is 0. The Bertz CT molecular complexity index is 919. The van der Waals surface area contributed by atoms with Crippen molar-refractivity contribution in [3.63, 3.8) is 0 Å². The van der Waals surface area contributed by atoms with E-state index in [2.05, 4.69) is 10.3 Å². The first-order valence-corrected chi connectivity index (χ1v) is 9.69. The lowest BCUT2D eigenvalue weighted by atomic mass is 10.1. The van der Waals surface area contributed by atoms with Crippen molar-refractivity contribution in [2.24, 2.45) is 0 Å². The molecule has 0 bridgehead atoms. The fraction of sp³-hybridized carbons (Fsp3) is 0.450. The summed E-state index contributed by atoms with van der Waals surface area (Å²) < 4.78 is 28.4. The Hall–Kier alpha value is -2.77. The van der Waals surface area contributed by atoms with Gasteiger partial charge in [0.1, 0.15) is 0 Å². The molecule has 1 aromatic heterocycles. The second-order valence-corrected chi connectivity index (χ2v) is 7.28. The van der Waals surface area contributed by atoms with Crippen LogP contribution in [-0.2, 0) is 13.0 Å². The number of imidazole rings is 1. The van der Waals surface area contributed by atoms with Crippen molar-refractivity contribution in [2.75, 3.05) is 18.4 Å². The summed E-state index contributed by atoms with van der Waals surface area (Å²) in [6.07, 6.45) is 5.56. The lowest BCUT2D eigenvalue weighted by Crippen LogP contribution is -2.37. The van der Waals surface area contributed by atoms with Crippen LogP contribution in [0.2, 0.25) is 0 Å². The van der Waals surface area contributed by atoms with Gasteiger partial charge in [0.15, 0.2) is 23.2 Å². The number of piperidine rings is 1. The molecule has 0 spiro atoms. The third-order valence-electron chi connectivity index (χ3n) is 5.34. The number of halogens is 2. The highest BCUT2D eigenvalue weighted by Crippen LogP contribution is 2.24. The lowest BCUT2D eigenvalue weighted by molar-refractivity contribution is 0.0705. The van der Waals surface area contributed by atoms with E-state index in [0.717, 1.165) is 49.9 Å². The number of benzene rings is 1. The molecule has 2 amide bonds. The van der Waals surface area contributed by atoms with Crippen LogP contribution >= 0.6 is 0 Å². The zero-order valence-electron chi connectivity index (χ0n) is 15.5. The van der Waals surface area contributed by atoms with Crippen molar-refractivity contribution in [3.05, 3.63) is 47.0 Å². The van der Waals surface area contributed by atoms with Gasteiger partial charge in [-0.1, -0.05) is 0 Å². The molecule has 6 nitrogen and oxygen atoms in total. The van der Waals surface area contributed by atoms with Crippen molar-refractivity contribution < 1.29 is 18.4 Å². The number of nitrogens with zero attached hydrogens (tertiary/aromatic N) is 3. The monoisotopic (exact) mass is 388 g/mol. The number of hydrogen-bond donors (Lipinski definition) is 1. The number of aromatic nitrogens is 2. The van der Waals surface area contributed by atoms with E-state index in [1.165, 1.54) is 6.07 Å². The van der Waals surface area contributed by atoms with Crippen LogP contribution in [0.25, 0.3) is 0 Å². The Morgan fingerprint density at radius 1 is 0.964 bits per heavy atom. The average Bonchev–Trinajstić information content (AvgIpc) is 3.11. The number of carbonyl (C=O) groups excluding carboxylic acids is 2. The lowest BCUT2D eigenvalue weighted by Gasteiger charge is -2.27. The zero-order chi connectivity index (χ0) is 19.7. The summed E-state index contributed by atoms with van der Waals surface area (Å²) in [6.45, 7) is 2.06. The van der Waals surface area contributed by atoms with Crippen molar-refractivity contribution >= 4 is 17.5 Å². The second-order valence-electron chi connectivity index (χ2n) is 7.28. The van der Waals surface area contributed by atoms with Crippen LogP contribution in [0, 0.1) is 11.6 Å². The Morgan fingerprint density at radius 2 is 1.71 bits per heavy atom. The smallest absolute Gasteiger partial charge is 0.289 e. The highest BCUT2D eigenvalue weighted by molar-refractivity contribution is 6.05. The molecule has 4 rings (SSSR count). The summed E-state index contributed by atoms with van der Waals surface area (Å²) in [7, 11) is 0. The van der Waals surface area contributed by atoms with Gasteiger partial charge in [-0.3, -0.25) is 9.59 Å². The Kier molecular flexibility index (Phi) is 5.11. The van der Waals surface area contributed by atoms with E-state index in [9.17, 15) is 18.4 Å². The highest BCUT2D eigenvalue weighted by atomic mass is 19.2. The molecular formula is C20H22F2N4O2. The van der Waals surface area contributed by atoms with Gasteiger partial charge in [-0.15, -0.1) is 0 Å². The van der Waals surface area contributed by atoms with E-state index in [4.69, 9.17) is 0 Å². The molecule has 2 aromatic rings. The Labute approximate surface area is 161 Å². The molecule has 3 heterocycles. The molecule has 2 aliphatic rings. The summed E-state index contributed by atoms with van der Waals surface area (Å²) in [5.74, 6) is -2.38. The van der Waals surface area contributed by atoms with Gasteiger partial charge in [-0.05, 0) is 50.7 Å². The van der Waals surface area contributed by atoms with Gasteiger partial charge in [0.25, 0.3) is 11.8 Å². The summed E-state index contributed by atoms with van der Waals surface area (Å²) in [6, 6.07) is 3.17. The number of amides is 2. The van der Waals surface area contributed by atoms with E-state index >= 15 is 0 Å². The largest absolute Gasteiger partial charge is 0.336 e. The molecule has 1 aromatic carbocycles. The maximum Gasteiger partial charge on any atom is 0.289 e. The molecule has 0 radical (unpaired) electrons. The van der Waals surface area contributed by atoms with Crippen LogP contribution < -0.4 is 5.32 Å². The van der Waals surface area contributed by atoms with Crippen LogP contribution in [0.5, 0.6) is 0 Å². The molecular weight excluding hydrogens is 366 g/mol. The van der Waals surface area contributed by atoms with Crippen LogP contribution in [0.4, 0.5) is 14.5 Å². The maximum absolute atomic E-state index is 13.4. The first-order valence-electron chi connectivity index (χ1n) is 9.69. The fourth-order valence-corrected chi connectivity index (χ4v) is 3.89. The molecule has 0 aliphatic carbocycles. The van der Waals surface area contributed by atoms with Crippen molar-refractivity contribution in [1.82, 2.24) is 14.5 Å². The number of likely N-dealkylation sites (tertiary alicyclic amines) is 1. The Morgan fingerprint density at radius 3 is 2.46 bits per heavy atom. The van der Waals surface area contributed by atoms with Gasteiger partial charge in [-0.2, -0.15) is 0 Å². The topological polar surface area (TPSA) is 67.2 Å². The number of hydrogen-bond acceptors (Lipinski definition) is 3. The predicted octanol–water partition coefficient (Wildman–Crippen LogP) is 3.38. The van der Waals surface area contributed by atoms with E-state index in [-0.39, 0.29) is 17.3 Å². The first-order chi connectivity index (χ1) is 13.5. The quantitative estimate of drug-likeness (QED) is 0.877. The minimum atomic E-state index is -1.04. The van der Waals surface area contributed by atoms with Gasteiger partial charge in [-0.25, -0.2) is 13.8 Å². The SMILES string of the molecule is O=C(Nc1ccc(F)c(F)c1)c1nc(C(=O)N2CCCCC2)n2c1CCCC2. The van der Waals surface area contributed by atoms with Gasteiger partial charge in [0, 0.05) is 31.4 Å². The van der Waals surface area contributed by atoms with Gasteiger partial charge < -0.3 is 14.8 Å². The van der Waals surface area contributed by atoms with Crippen molar-refractivity contribution in [3.8, 4) is 0 Å². The average molecular weight is 388 g/mol. The molecule has 148 valence electrons. The van der Waals surface area contributed by atoms with Crippen molar-refractivity contribution in [2.45, 2.75) is 45.1 Å². The number of anilines is 1. The summed E-state index contributed by atoms with van der Waals surface area (Å²) in [4.78, 5) is 31.9. The summed E-state index contributed by atoms with van der Waals surface area (Å²) in [5, 5.41) is 2.56. The minimum Gasteiger partial charge on any atom is -0.336 e.